The van der Waals surface area contributed by atoms with Crippen molar-refractivity contribution in [3.63, 3.8) is 0 Å². The summed E-state index contributed by atoms with van der Waals surface area (Å²) in [6.45, 7) is 0. The molecule has 2 rings (SSSR count). The minimum absolute atomic E-state index is 0.663. The standard InChI is InChI=1S/C8H14O2.C6H5.2BrH.Sn/c9-7-8(10)5-3-1-2-4-6-8;1-2-4-6-5-3-1;;;/h7,10H,1-6H2;1-5H;2*1H;/q;;;;+2/p-2. The third kappa shape index (κ3) is 7.25. The molecule has 1 saturated carbocycles. The average molecular weight is 498 g/mol. The van der Waals surface area contributed by atoms with Gasteiger partial charge in [0.25, 0.3) is 0 Å². The molecular formula is C14H19Br2O2Sn. The second-order valence-corrected chi connectivity index (χ2v) is 25.7. The summed E-state index contributed by atoms with van der Waals surface area (Å²) in [5.74, 6) is 0. The van der Waals surface area contributed by atoms with Crippen LogP contribution >= 0.6 is 25.4 Å². The van der Waals surface area contributed by atoms with E-state index < -0.39 is 20.9 Å². The van der Waals surface area contributed by atoms with E-state index in [0.717, 1.165) is 25.7 Å². The number of rotatable bonds is 2. The van der Waals surface area contributed by atoms with Crippen LogP contribution in [0.1, 0.15) is 38.5 Å². The molecule has 0 aromatic heterocycles. The second kappa shape index (κ2) is 9.53. The summed E-state index contributed by atoms with van der Waals surface area (Å²) in [7, 11) is 0. The molecule has 19 heavy (non-hydrogen) atoms. The Morgan fingerprint density at radius 2 is 1.58 bits per heavy atom. The molecule has 1 radical (unpaired) electrons. The Bertz CT molecular complexity index is 363. The van der Waals surface area contributed by atoms with E-state index in [-0.39, 0.29) is 0 Å². The number of hydrogen-bond donors (Lipinski definition) is 1. The molecule has 0 spiro atoms. The van der Waals surface area contributed by atoms with Crippen molar-refractivity contribution in [3.05, 3.63) is 30.3 Å². The van der Waals surface area contributed by atoms with Crippen molar-refractivity contribution in [2.24, 2.45) is 0 Å². The number of aldehydes is 1. The molecule has 0 bridgehead atoms. The first kappa shape index (κ1) is 17.7. The van der Waals surface area contributed by atoms with Gasteiger partial charge in [-0.3, -0.25) is 0 Å². The maximum absolute atomic E-state index is 10.4. The number of carbonyl (C=O) groups is 1. The molecule has 0 unspecified atom stereocenters. The summed E-state index contributed by atoms with van der Waals surface area (Å²) in [4.78, 5) is 10.4. The van der Waals surface area contributed by atoms with Gasteiger partial charge in [0, 0.05) is 0 Å². The Hall–Kier alpha value is 0.609. The molecule has 2 nitrogen and oxygen atoms in total. The summed E-state index contributed by atoms with van der Waals surface area (Å²) >= 11 is 5.79. The van der Waals surface area contributed by atoms with Gasteiger partial charge in [-0.2, -0.15) is 0 Å². The molecule has 1 aliphatic rings. The van der Waals surface area contributed by atoms with E-state index in [0.29, 0.717) is 19.1 Å². The van der Waals surface area contributed by atoms with Gasteiger partial charge < -0.3 is 9.90 Å². The van der Waals surface area contributed by atoms with Gasteiger partial charge in [-0.25, -0.2) is 0 Å². The average Bonchev–Trinajstić information content (AvgIpc) is 2.66. The monoisotopic (exact) mass is 497 g/mol. The van der Waals surface area contributed by atoms with Gasteiger partial charge in [0.2, 0.25) is 0 Å². The Labute approximate surface area is 134 Å². The second-order valence-electron chi connectivity index (χ2n) is 4.76. The van der Waals surface area contributed by atoms with Crippen molar-refractivity contribution in [1.82, 2.24) is 0 Å². The number of hydrogen-bond acceptors (Lipinski definition) is 2. The normalized spacial score (nSPS) is 18.1. The van der Waals surface area contributed by atoms with Crippen molar-refractivity contribution in [2.75, 3.05) is 0 Å². The van der Waals surface area contributed by atoms with Crippen molar-refractivity contribution in [2.45, 2.75) is 44.1 Å². The van der Waals surface area contributed by atoms with Crippen LogP contribution in [-0.4, -0.2) is 32.3 Å². The van der Waals surface area contributed by atoms with Crippen molar-refractivity contribution >= 4 is 50.6 Å². The van der Waals surface area contributed by atoms with E-state index in [1.165, 1.54) is 3.58 Å². The van der Waals surface area contributed by atoms with E-state index in [1.54, 1.807) is 0 Å². The van der Waals surface area contributed by atoms with E-state index in [1.807, 2.05) is 6.07 Å². The summed E-state index contributed by atoms with van der Waals surface area (Å²) in [5.41, 5.74) is -0.976. The Balaban J connectivity index is 0.000000191. The predicted octanol–water partition coefficient (Wildman–Crippen LogP) is 3.44. The minimum atomic E-state index is -1.40. The molecule has 1 N–H and O–H groups in total. The van der Waals surface area contributed by atoms with Gasteiger partial charge in [0.1, 0.15) is 5.60 Å². The molecule has 0 heterocycles. The molecule has 0 atom stereocenters. The van der Waals surface area contributed by atoms with Crippen LogP contribution in [-0.2, 0) is 4.79 Å². The first-order chi connectivity index (χ1) is 9.07. The van der Waals surface area contributed by atoms with Gasteiger partial charge in [0.15, 0.2) is 6.29 Å². The van der Waals surface area contributed by atoms with E-state index in [9.17, 15) is 9.90 Å². The van der Waals surface area contributed by atoms with Gasteiger partial charge in [-0.05, 0) is 12.8 Å². The molecule has 1 aromatic rings. The fraction of sp³-hybridized carbons (Fsp3) is 0.500. The summed E-state index contributed by atoms with van der Waals surface area (Å²) in [6, 6.07) is 10.5. The number of halogens is 2. The van der Waals surface area contributed by atoms with Gasteiger partial charge in [0.05, 0.1) is 0 Å². The Kier molecular flexibility index (Phi) is 8.86. The van der Waals surface area contributed by atoms with Crippen molar-refractivity contribution in [1.29, 1.82) is 0 Å². The molecule has 0 saturated heterocycles. The zero-order valence-electron chi connectivity index (χ0n) is 10.8. The topological polar surface area (TPSA) is 37.3 Å². The van der Waals surface area contributed by atoms with Crippen LogP contribution in [0.3, 0.4) is 0 Å². The first-order valence-electron chi connectivity index (χ1n) is 6.49. The number of aliphatic hydroxyl groups is 1. The molecule has 0 aliphatic heterocycles. The molecule has 5 heteroatoms. The first-order valence-corrected chi connectivity index (χ1v) is 20.7. The van der Waals surface area contributed by atoms with Crippen LogP contribution in [0.25, 0.3) is 0 Å². The fourth-order valence-corrected chi connectivity index (χ4v) is 6.84. The molecule has 1 aliphatic carbocycles. The zero-order valence-corrected chi connectivity index (χ0v) is 16.8. The fourth-order valence-electron chi connectivity index (χ4n) is 2.02. The molecule has 1 aromatic carbocycles. The van der Waals surface area contributed by atoms with E-state index in [2.05, 4.69) is 49.7 Å². The summed E-state index contributed by atoms with van der Waals surface area (Å²) in [6.07, 6.45) is 6.35. The zero-order chi connectivity index (χ0) is 14.1. The summed E-state index contributed by atoms with van der Waals surface area (Å²) < 4.78 is 1.44. The SMILES string of the molecule is O=CC1(O)CCCCCC1.[Br][Sn]([Br])[c]1ccccc1. The van der Waals surface area contributed by atoms with E-state index in [4.69, 9.17) is 0 Å². The number of benzene rings is 1. The van der Waals surface area contributed by atoms with Crippen LogP contribution in [0, 0.1) is 0 Å². The summed E-state index contributed by atoms with van der Waals surface area (Å²) in [5, 5.41) is 9.49. The maximum atomic E-state index is 10.4. The third-order valence-corrected chi connectivity index (χ3v) is 11.5. The van der Waals surface area contributed by atoms with Crippen LogP contribution in [0.4, 0.5) is 0 Å². The quantitative estimate of drug-likeness (QED) is 0.386. The molecule has 105 valence electrons. The molecular weight excluding hydrogens is 479 g/mol. The molecule has 0 amide bonds. The van der Waals surface area contributed by atoms with Gasteiger partial charge >= 0.3 is 74.6 Å². The Morgan fingerprint density at radius 1 is 1.05 bits per heavy atom. The third-order valence-electron chi connectivity index (χ3n) is 3.18. The number of carbonyl (C=O) groups excluding carboxylic acids is 1. The van der Waals surface area contributed by atoms with Crippen molar-refractivity contribution in [3.8, 4) is 0 Å². The van der Waals surface area contributed by atoms with Crippen LogP contribution in [0.15, 0.2) is 30.3 Å². The predicted molar refractivity (Wildman–Crippen MR) is 88.4 cm³/mol. The molecule has 1 fully saturated rings. The van der Waals surface area contributed by atoms with Crippen LogP contribution in [0.2, 0.25) is 0 Å². The Morgan fingerprint density at radius 3 is 1.95 bits per heavy atom. The van der Waals surface area contributed by atoms with Crippen LogP contribution < -0.4 is 3.58 Å². The van der Waals surface area contributed by atoms with Gasteiger partial charge in [-0.1, -0.05) is 25.7 Å². The van der Waals surface area contributed by atoms with Crippen LogP contribution in [0.5, 0.6) is 0 Å². The van der Waals surface area contributed by atoms with Crippen molar-refractivity contribution < 1.29 is 9.90 Å². The van der Waals surface area contributed by atoms with E-state index >= 15 is 0 Å². The van der Waals surface area contributed by atoms with Gasteiger partial charge in [-0.15, -0.1) is 0 Å².